The van der Waals surface area contributed by atoms with Crippen LogP contribution >= 0.6 is 0 Å². The number of aliphatic hydroxyl groups is 1. The van der Waals surface area contributed by atoms with Gasteiger partial charge in [0.05, 0.1) is 19.3 Å². The number of nitrogens with one attached hydrogen (secondary N) is 2. The fraction of sp³-hybridized carbons (Fsp3) is 0.444. The molecule has 0 aliphatic heterocycles. The van der Waals surface area contributed by atoms with E-state index in [1.807, 2.05) is 42.2 Å². The molecule has 3 aromatic carbocycles. The van der Waals surface area contributed by atoms with Gasteiger partial charge in [-0.1, -0.05) is 64.1 Å². The Hall–Kier alpha value is -3.68. The van der Waals surface area contributed by atoms with E-state index in [2.05, 4.69) is 62.6 Å². The summed E-state index contributed by atoms with van der Waals surface area (Å²) < 4.78 is 5.32. The molecule has 2 amide bonds. The van der Waals surface area contributed by atoms with Gasteiger partial charge in [-0.2, -0.15) is 0 Å². The Morgan fingerprint density at radius 1 is 0.907 bits per heavy atom. The molecule has 7 nitrogen and oxygen atoms in total. The molecule has 0 fully saturated rings. The summed E-state index contributed by atoms with van der Waals surface area (Å²) in [6, 6.07) is 20.8. The number of nitrogens with zero attached hydrogens (tertiary/aromatic N) is 1. The van der Waals surface area contributed by atoms with Crippen molar-refractivity contribution >= 4 is 11.8 Å². The average molecular weight is 588 g/mol. The van der Waals surface area contributed by atoms with Crippen molar-refractivity contribution in [3.63, 3.8) is 0 Å². The molecule has 0 aromatic heterocycles. The van der Waals surface area contributed by atoms with E-state index in [0.717, 1.165) is 35.3 Å². The summed E-state index contributed by atoms with van der Waals surface area (Å²) >= 11 is 0. The van der Waals surface area contributed by atoms with Gasteiger partial charge >= 0.3 is 0 Å². The largest absolute Gasteiger partial charge is 0.497 e. The van der Waals surface area contributed by atoms with Crippen LogP contribution in [0.25, 0.3) is 0 Å². The Labute approximate surface area is 257 Å². The van der Waals surface area contributed by atoms with E-state index < -0.39 is 12.1 Å². The van der Waals surface area contributed by atoms with E-state index >= 15 is 0 Å². The first-order chi connectivity index (χ1) is 20.6. The van der Waals surface area contributed by atoms with Crippen molar-refractivity contribution in [2.24, 2.45) is 0 Å². The third-order valence-electron chi connectivity index (χ3n) is 7.56. The molecule has 0 saturated heterocycles. The molecule has 43 heavy (non-hydrogen) atoms. The van der Waals surface area contributed by atoms with Crippen LogP contribution in [0, 0.1) is 6.92 Å². The standard InChI is InChI=1S/C36H49N3O4/c1-7-16-39(17-8-2)36(42)31-19-26(5)18-30(22-31)35(41)38-33(21-27-12-14-29(15-13-27)25(3)4)34(40)24-37-23-28-10-9-11-32(20-28)43-6/h9-15,18-20,22,25,33-34,37,40H,7-8,16-17,21,23-24H2,1-6H3,(H,38,41)/t33-,34+/m0/s1. The molecular formula is C36H49N3O4. The predicted octanol–water partition coefficient (Wildman–Crippen LogP) is 5.88. The minimum atomic E-state index is -0.852. The lowest BCUT2D eigenvalue weighted by Gasteiger charge is -2.26. The SMILES string of the molecule is CCCN(CCC)C(=O)c1cc(C)cc(C(=O)N[C@@H](Cc2ccc(C(C)C)cc2)[C@H](O)CNCc2cccc(OC)c2)c1. The summed E-state index contributed by atoms with van der Waals surface area (Å²) in [5.74, 6) is 0.814. The summed E-state index contributed by atoms with van der Waals surface area (Å²) in [5, 5.41) is 17.7. The highest BCUT2D eigenvalue weighted by Crippen LogP contribution is 2.18. The van der Waals surface area contributed by atoms with E-state index in [-0.39, 0.29) is 18.4 Å². The molecule has 0 aliphatic rings. The van der Waals surface area contributed by atoms with Gasteiger partial charge in [0.2, 0.25) is 0 Å². The van der Waals surface area contributed by atoms with Gasteiger partial charge in [0.25, 0.3) is 11.8 Å². The van der Waals surface area contributed by atoms with Crippen LogP contribution in [0.4, 0.5) is 0 Å². The Balaban J connectivity index is 1.79. The van der Waals surface area contributed by atoms with Crippen molar-refractivity contribution < 1.29 is 19.4 Å². The number of carbonyl (C=O) groups excluding carboxylic acids is 2. The zero-order valence-electron chi connectivity index (χ0n) is 26.7. The number of rotatable bonds is 16. The molecule has 0 heterocycles. The van der Waals surface area contributed by atoms with Crippen molar-refractivity contribution in [2.45, 2.75) is 78.5 Å². The fourth-order valence-electron chi connectivity index (χ4n) is 5.19. The first-order valence-corrected chi connectivity index (χ1v) is 15.5. The van der Waals surface area contributed by atoms with Crippen LogP contribution in [-0.2, 0) is 13.0 Å². The number of hydrogen-bond acceptors (Lipinski definition) is 5. The zero-order valence-corrected chi connectivity index (χ0v) is 26.7. The number of benzene rings is 3. The van der Waals surface area contributed by atoms with Gasteiger partial charge in [-0.05, 0) is 84.7 Å². The normalized spacial score (nSPS) is 12.6. The highest BCUT2D eigenvalue weighted by atomic mass is 16.5. The lowest BCUT2D eigenvalue weighted by molar-refractivity contribution is 0.0755. The number of amides is 2. The molecule has 0 aliphatic carbocycles. The number of aliphatic hydroxyl groups excluding tert-OH is 1. The molecule has 0 unspecified atom stereocenters. The van der Waals surface area contributed by atoms with Gasteiger partial charge in [0.15, 0.2) is 0 Å². The van der Waals surface area contributed by atoms with Crippen LogP contribution in [0.2, 0.25) is 0 Å². The Kier molecular flexibility index (Phi) is 13.2. The maximum atomic E-state index is 13.6. The van der Waals surface area contributed by atoms with Gasteiger partial charge in [-0.15, -0.1) is 0 Å². The van der Waals surface area contributed by atoms with Gasteiger partial charge in [-0.25, -0.2) is 0 Å². The van der Waals surface area contributed by atoms with Gasteiger partial charge in [0, 0.05) is 37.3 Å². The summed E-state index contributed by atoms with van der Waals surface area (Å²) in [6.07, 6.45) is 1.35. The third-order valence-corrected chi connectivity index (χ3v) is 7.56. The van der Waals surface area contributed by atoms with Crippen LogP contribution in [0.15, 0.2) is 66.7 Å². The van der Waals surface area contributed by atoms with Gasteiger partial charge in [-0.3, -0.25) is 9.59 Å². The Morgan fingerprint density at radius 2 is 1.58 bits per heavy atom. The monoisotopic (exact) mass is 587 g/mol. The van der Waals surface area contributed by atoms with Gasteiger partial charge in [0.1, 0.15) is 5.75 Å². The van der Waals surface area contributed by atoms with E-state index in [1.54, 1.807) is 19.2 Å². The van der Waals surface area contributed by atoms with Crippen molar-refractivity contribution in [3.8, 4) is 5.75 Å². The number of carbonyl (C=O) groups is 2. The smallest absolute Gasteiger partial charge is 0.253 e. The van der Waals surface area contributed by atoms with Crippen molar-refractivity contribution in [1.82, 2.24) is 15.5 Å². The van der Waals surface area contributed by atoms with Crippen LogP contribution in [-0.4, -0.2) is 60.7 Å². The first kappa shape index (κ1) is 33.8. The Morgan fingerprint density at radius 3 is 2.21 bits per heavy atom. The number of hydrogen-bond donors (Lipinski definition) is 3. The summed E-state index contributed by atoms with van der Waals surface area (Å²) in [7, 11) is 1.64. The number of aryl methyl sites for hydroxylation is 1. The topological polar surface area (TPSA) is 90.9 Å². The van der Waals surface area contributed by atoms with Crippen LogP contribution in [0.3, 0.4) is 0 Å². The molecule has 0 bridgehead atoms. The Bertz CT molecular complexity index is 1320. The molecule has 3 rings (SSSR count). The molecule has 7 heteroatoms. The molecule has 232 valence electrons. The van der Waals surface area contributed by atoms with E-state index in [9.17, 15) is 14.7 Å². The molecule has 3 aromatic rings. The lowest BCUT2D eigenvalue weighted by atomic mass is 9.96. The average Bonchev–Trinajstić information content (AvgIpc) is 3.00. The quantitative estimate of drug-likeness (QED) is 0.195. The van der Waals surface area contributed by atoms with Crippen LogP contribution in [0.1, 0.15) is 89.4 Å². The second-order valence-corrected chi connectivity index (χ2v) is 11.6. The maximum absolute atomic E-state index is 13.6. The second kappa shape index (κ2) is 16.8. The van der Waals surface area contributed by atoms with E-state index in [4.69, 9.17) is 4.74 Å². The number of ether oxygens (including phenoxy) is 1. The molecule has 0 spiro atoms. The molecular weight excluding hydrogens is 538 g/mol. The molecule has 0 radical (unpaired) electrons. The van der Waals surface area contributed by atoms with Crippen LogP contribution in [0.5, 0.6) is 5.75 Å². The van der Waals surface area contributed by atoms with E-state index in [0.29, 0.717) is 43.1 Å². The summed E-state index contributed by atoms with van der Waals surface area (Å²) in [5.41, 5.74) is 5.05. The fourth-order valence-corrected chi connectivity index (χ4v) is 5.19. The molecule has 3 N–H and O–H groups in total. The van der Waals surface area contributed by atoms with Crippen molar-refractivity contribution in [3.05, 3.63) is 100 Å². The maximum Gasteiger partial charge on any atom is 0.253 e. The minimum Gasteiger partial charge on any atom is -0.497 e. The minimum absolute atomic E-state index is 0.0648. The number of methoxy groups -OCH3 is 1. The third kappa shape index (κ3) is 10.2. The second-order valence-electron chi connectivity index (χ2n) is 11.6. The lowest BCUT2D eigenvalue weighted by Crippen LogP contribution is -2.48. The van der Waals surface area contributed by atoms with Crippen molar-refractivity contribution in [2.75, 3.05) is 26.7 Å². The summed E-state index contributed by atoms with van der Waals surface area (Å²) in [4.78, 5) is 28.8. The highest BCUT2D eigenvalue weighted by Gasteiger charge is 2.24. The van der Waals surface area contributed by atoms with Crippen molar-refractivity contribution in [1.29, 1.82) is 0 Å². The zero-order chi connectivity index (χ0) is 31.4. The van der Waals surface area contributed by atoms with E-state index in [1.165, 1.54) is 5.56 Å². The molecule has 2 atom stereocenters. The predicted molar refractivity (Wildman–Crippen MR) is 174 cm³/mol. The van der Waals surface area contributed by atoms with Crippen LogP contribution < -0.4 is 15.4 Å². The molecule has 0 saturated carbocycles. The highest BCUT2D eigenvalue weighted by molar-refractivity contribution is 6.00. The van der Waals surface area contributed by atoms with Gasteiger partial charge < -0.3 is 25.4 Å². The summed E-state index contributed by atoms with van der Waals surface area (Å²) in [6.45, 7) is 12.5. The first-order valence-electron chi connectivity index (χ1n) is 15.5.